The van der Waals surface area contributed by atoms with Gasteiger partial charge in [-0.1, -0.05) is 17.7 Å². The molecule has 2 heterocycles. The highest BCUT2D eigenvalue weighted by Gasteiger charge is 2.22. The lowest BCUT2D eigenvalue weighted by Gasteiger charge is -2.35. The molecule has 8 heteroatoms. The van der Waals surface area contributed by atoms with Crippen molar-refractivity contribution in [3.8, 4) is 0 Å². The highest BCUT2D eigenvalue weighted by molar-refractivity contribution is 6.30. The van der Waals surface area contributed by atoms with E-state index in [0.29, 0.717) is 49.1 Å². The Labute approximate surface area is 162 Å². The van der Waals surface area contributed by atoms with Crippen LogP contribution < -0.4 is 10.2 Å². The number of pyridine rings is 1. The second-order valence-electron chi connectivity index (χ2n) is 6.07. The highest BCUT2D eigenvalue weighted by atomic mass is 35.5. The third-order valence-electron chi connectivity index (χ3n) is 4.24. The van der Waals surface area contributed by atoms with Crippen molar-refractivity contribution in [3.05, 3.63) is 53.3 Å². The number of piperazine rings is 1. The first-order valence-electron chi connectivity index (χ1n) is 8.75. The van der Waals surface area contributed by atoms with E-state index in [1.54, 1.807) is 48.4 Å². The smallest absolute Gasteiger partial charge is 0.409 e. The zero-order valence-electron chi connectivity index (χ0n) is 15.0. The Kier molecular flexibility index (Phi) is 6.13. The van der Waals surface area contributed by atoms with Gasteiger partial charge in [-0.05, 0) is 31.2 Å². The fraction of sp³-hybridized carbons (Fsp3) is 0.316. The molecule has 27 heavy (non-hydrogen) atoms. The molecular weight excluding hydrogens is 368 g/mol. The predicted octanol–water partition coefficient (Wildman–Crippen LogP) is 3.27. The van der Waals surface area contributed by atoms with Gasteiger partial charge in [0.05, 0.1) is 24.1 Å². The molecule has 2 aromatic rings. The maximum atomic E-state index is 12.5. The van der Waals surface area contributed by atoms with Crippen molar-refractivity contribution in [2.75, 3.05) is 43.0 Å². The molecule has 0 aliphatic carbocycles. The summed E-state index contributed by atoms with van der Waals surface area (Å²) >= 11 is 5.95. The molecule has 1 N–H and O–H groups in total. The summed E-state index contributed by atoms with van der Waals surface area (Å²) in [5.74, 6) is -0.253. The van der Waals surface area contributed by atoms with E-state index in [4.69, 9.17) is 16.3 Å². The Hall–Kier alpha value is -2.80. The van der Waals surface area contributed by atoms with E-state index < -0.39 is 0 Å². The van der Waals surface area contributed by atoms with Crippen molar-refractivity contribution < 1.29 is 14.3 Å². The van der Waals surface area contributed by atoms with Crippen LogP contribution in [0.1, 0.15) is 17.3 Å². The van der Waals surface area contributed by atoms with Crippen molar-refractivity contribution >= 4 is 35.0 Å². The zero-order chi connectivity index (χ0) is 19.2. The summed E-state index contributed by atoms with van der Waals surface area (Å²) in [6.07, 6.45) is 2.96. The zero-order valence-corrected chi connectivity index (χ0v) is 15.8. The summed E-state index contributed by atoms with van der Waals surface area (Å²) in [5.41, 5.74) is 1.93. The first-order valence-corrected chi connectivity index (χ1v) is 9.13. The van der Waals surface area contributed by atoms with E-state index in [9.17, 15) is 9.59 Å². The second-order valence-corrected chi connectivity index (χ2v) is 6.51. The fourth-order valence-electron chi connectivity index (χ4n) is 2.86. The van der Waals surface area contributed by atoms with E-state index in [1.165, 1.54) is 6.20 Å². The maximum Gasteiger partial charge on any atom is 0.409 e. The number of carbonyl (C=O) groups excluding carboxylic acids is 2. The molecular formula is C19H21ClN4O3. The van der Waals surface area contributed by atoms with Gasteiger partial charge in [-0.2, -0.15) is 0 Å². The normalized spacial score (nSPS) is 14.0. The minimum absolute atomic E-state index is 0.253. The molecule has 7 nitrogen and oxygen atoms in total. The minimum Gasteiger partial charge on any atom is -0.450 e. The molecule has 0 saturated carbocycles. The number of ether oxygens (including phenoxy) is 1. The van der Waals surface area contributed by atoms with Gasteiger partial charge in [0.25, 0.3) is 5.91 Å². The quantitative estimate of drug-likeness (QED) is 0.870. The SMILES string of the molecule is CCOC(=O)N1CCN(c2cncc(C(=O)Nc3cccc(Cl)c3)c2)CC1. The van der Waals surface area contributed by atoms with Crippen molar-refractivity contribution in [1.82, 2.24) is 9.88 Å². The molecule has 1 saturated heterocycles. The molecule has 0 atom stereocenters. The second kappa shape index (κ2) is 8.73. The first-order chi connectivity index (χ1) is 13.1. The molecule has 0 bridgehead atoms. The van der Waals surface area contributed by atoms with Crippen LogP contribution in [0.15, 0.2) is 42.7 Å². The number of benzene rings is 1. The number of amides is 2. The van der Waals surface area contributed by atoms with Gasteiger partial charge in [0, 0.05) is 43.1 Å². The van der Waals surface area contributed by atoms with Crippen LogP contribution in [0.3, 0.4) is 0 Å². The van der Waals surface area contributed by atoms with Gasteiger partial charge in [-0.15, -0.1) is 0 Å². The number of hydrogen-bond donors (Lipinski definition) is 1. The molecule has 1 fully saturated rings. The van der Waals surface area contributed by atoms with Crippen LogP contribution in [0.2, 0.25) is 5.02 Å². The van der Waals surface area contributed by atoms with Crippen molar-refractivity contribution in [2.24, 2.45) is 0 Å². The average molecular weight is 389 g/mol. The molecule has 2 amide bonds. The van der Waals surface area contributed by atoms with Gasteiger partial charge < -0.3 is 19.9 Å². The lowest BCUT2D eigenvalue weighted by Crippen LogP contribution is -2.49. The summed E-state index contributed by atoms with van der Waals surface area (Å²) in [5, 5.41) is 3.37. The third-order valence-corrected chi connectivity index (χ3v) is 4.47. The minimum atomic E-state index is -0.287. The average Bonchev–Trinajstić information content (AvgIpc) is 2.68. The van der Waals surface area contributed by atoms with Crippen LogP contribution in [0.5, 0.6) is 0 Å². The molecule has 1 aromatic carbocycles. The summed E-state index contributed by atoms with van der Waals surface area (Å²) in [6.45, 7) is 4.60. The van der Waals surface area contributed by atoms with E-state index in [2.05, 4.69) is 15.2 Å². The summed E-state index contributed by atoms with van der Waals surface area (Å²) in [4.78, 5) is 32.3. The number of halogens is 1. The lowest BCUT2D eigenvalue weighted by atomic mass is 10.2. The van der Waals surface area contributed by atoms with Crippen LogP contribution in [-0.2, 0) is 4.74 Å². The van der Waals surface area contributed by atoms with Gasteiger partial charge >= 0.3 is 6.09 Å². The standard InChI is InChI=1S/C19H21ClN4O3/c1-2-27-19(26)24-8-6-23(7-9-24)17-10-14(12-21-13-17)18(25)22-16-5-3-4-15(20)11-16/h3-5,10-13H,2,6-9H2,1H3,(H,22,25). The Balaban J connectivity index is 1.64. The topological polar surface area (TPSA) is 74.8 Å². The molecule has 3 rings (SSSR count). The summed E-state index contributed by atoms with van der Waals surface area (Å²) < 4.78 is 5.03. The first kappa shape index (κ1) is 19.0. The number of nitrogens with zero attached hydrogens (tertiary/aromatic N) is 3. The van der Waals surface area contributed by atoms with Gasteiger partial charge in [0.1, 0.15) is 0 Å². The van der Waals surface area contributed by atoms with Gasteiger partial charge in [-0.3, -0.25) is 9.78 Å². The number of nitrogens with one attached hydrogen (secondary N) is 1. The number of rotatable bonds is 4. The third kappa shape index (κ3) is 4.89. The van der Waals surface area contributed by atoms with E-state index >= 15 is 0 Å². The van der Waals surface area contributed by atoms with Gasteiger partial charge in [0.2, 0.25) is 0 Å². The fourth-order valence-corrected chi connectivity index (χ4v) is 3.05. The molecule has 1 aromatic heterocycles. The Morgan fingerprint density at radius 3 is 2.67 bits per heavy atom. The van der Waals surface area contributed by atoms with E-state index in [1.807, 2.05) is 0 Å². The molecule has 0 spiro atoms. The van der Waals surface area contributed by atoms with E-state index in [0.717, 1.165) is 5.69 Å². The van der Waals surface area contributed by atoms with Crippen LogP contribution in [0, 0.1) is 0 Å². The number of aromatic nitrogens is 1. The van der Waals surface area contributed by atoms with Crippen LogP contribution in [0.4, 0.5) is 16.2 Å². The van der Waals surface area contributed by atoms with Crippen LogP contribution in [0.25, 0.3) is 0 Å². The Bertz CT molecular complexity index is 822. The predicted molar refractivity (Wildman–Crippen MR) is 104 cm³/mol. The molecule has 1 aliphatic rings. The number of carbonyl (C=O) groups is 2. The molecule has 0 radical (unpaired) electrons. The van der Waals surface area contributed by atoms with E-state index in [-0.39, 0.29) is 12.0 Å². The summed E-state index contributed by atoms with van der Waals surface area (Å²) in [7, 11) is 0. The number of hydrogen-bond acceptors (Lipinski definition) is 5. The maximum absolute atomic E-state index is 12.5. The monoisotopic (exact) mass is 388 g/mol. The largest absolute Gasteiger partial charge is 0.450 e. The molecule has 0 unspecified atom stereocenters. The number of anilines is 2. The Morgan fingerprint density at radius 1 is 1.19 bits per heavy atom. The Morgan fingerprint density at radius 2 is 1.96 bits per heavy atom. The molecule has 142 valence electrons. The highest BCUT2D eigenvalue weighted by Crippen LogP contribution is 2.19. The van der Waals surface area contributed by atoms with Gasteiger partial charge in [-0.25, -0.2) is 4.79 Å². The summed E-state index contributed by atoms with van der Waals surface area (Å²) in [6, 6.07) is 8.78. The van der Waals surface area contributed by atoms with Crippen LogP contribution >= 0.6 is 11.6 Å². The van der Waals surface area contributed by atoms with Crippen molar-refractivity contribution in [1.29, 1.82) is 0 Å². The van der Waals surface area contributed by atoms with Crippen LogP contribution in [-0.4, -0.2) is 54.7 Å². The van der Waals surface area contributed by atoms with Gasteiger partial charge in [0.15, 0.2) is 0 Å². The molecule has 1 aliphatic heterocycles. The lowest BCUT2D eigenvalue weighted by molar-refractivity contribution is 0.102. The van der Waals surface area contributed by atoms with Crippen molar-refractivity contribution in [2.45, 2.75) is 6.92 Å². The van der Waals surface area contributed by atoms with Crippen molar-refractivity contribution in [3.63, 3.8) is 0 Å².